The molecule has 0 radical (unpaired) electrons. The number of hydrogen-bond donors (Lipinski definition) is 1. The van der Waals surface area contributed by atoms with Crippen molar-refractivity contribution in [2.75, 3.05) is 11.9 Å². The lowest BCUT2D eigenvalue weighted by atomic mass is 10.2. The summed E-state index contributed by atoms with van der Waals surface area (Å²) in [6, 6.07) is 7.44. The third kappa shape index (κ3) is 3.48. The quantitative estimate of drug-likeness (QED) is 0.646. The molecule has 0 bridgehead atoms. The van der Waals surface area contributed by atoms with Gasteiger partial charge in [-0.05, 0) is 43.2 Å². The number of benzene rings is 1. The first-order valence-corrected chi connectivity index (χ1v) is 7.17. The Morgan fingerprint density at radius 1 is 1.40 bits per heavy atom. The highest BCUT2D eigenvalue weighted by Gasteiger charge is 2.09. The molecule has 1 aromatic carbocycles. The maximum atomic E-state index is 10.6. The highest BCUT2D eigenvalue weighted by atomic mass is 32.1. The van der Waals surface area contributed by atoms with E-state index in [2.05, 4.69) is 5.32 Å². The number of hydrogen-bond acceptors (Lipinski definition) is 5. The van der Waals surface area contributed by atoms with Crippen molar-refractivity contribution in [1.29, 1.82) is 0 Å². The predicted octanol–water partition coefficient (Wildman–Crippen LogP) is 3.98. The summed E-state index contributed by atoms with van der Waals surface area (Å²) in [7, 11) is 0. The fourth-order valence-corrected chi connectivity index (χ4v) is 2.57. The standard InChI is InChI=1S/C14H16N2O3S/c1-3-19-12-4-5-13(10(2)6-12)15-8-11-7-14(16(17)18)20-9-11/h4-7,9,15H,3,8H2,1-2H3. The highest BCUT2D eigenvalue weighted by molar-refractivity contribution is 7.13. The minimum Gasteiger partial charge on any atom is -0.494 e. The number of ether oxygens (including phenoxy) is 1. The van der Waals surface area contributed by atoms with Gasteiger partial charge in [-0.3, -0.25) is 10.1 Å². The van der Waals surface area contributed by atoms with Gasteiger partial charge in [-0.2, -0.15) is 0 Å². The average molecular weight is 292 g/mol. The van der Waals surface area contributed by atoms with Gasteiger partial charge in [0.2, 0.25) is 0 Å². The zero-order chi connectivity index (χ0) is 14.5. The summed E-state index contributed by atoms with van der Waals surface area (Å²) in [5.74, 6) is 0.849. The smallest absolute Gasteiger partial charge is 0.324 e. The molecule has 0 saturated heterocycles. The van der Waals surface area contributed by atoms with Gasteiger partial charge in [-0.15, -0.1) is 0 Å². The largest absolute Gasteiger partial charge is 0.494 e. The van der Waals surface area contributed by atoms with Crippen LogP contribution in [0.5, 0.6) is 5.75 Å². The summed E-state index contributed by atoms with van der Waals surface area (Å²) in [4.78, 5) is 10.3. The van der Waals surface area contributed by atoms with Gasteiger partial charge in [0.05, 0.1) is 11.5 Å². The number of rotatable bonds is 6. The molecule has 0 saturated carbocycles. The van der Waals surface area contributed by atoms with E-state index in [9.17, 15) is 10.1 Å². The fraction of sp³-hybridized carbons (Fsp3) is 0.286. The van der Waals surface area contributed by atoms with Crippen molar-refractivity contribution >= 4 is 22.0 Å². The summed E-state index contributed by atoms with van der Waals surface area (Å²) in [5, 5.41) is 15.9. The Kier molecular flexibility index (Phi) is 4.57. The monoisotopic (exact) mass is 292 g/mol. The van der Waals surface area contributed by atoms with Crippen molar-refractivity contribution in [1.82, 2.24) is 0 Å². The van der Waals surface area contributed by atoms with Crippen LogP contribution in [0.2, 0.25) is 0 Å². The molecule has 1 heterocycles. The number of anilines is 1. The van der Waals surface area contributed by atoms with Gasteiger partial charge in [0.1, 0.15) is 5.75 Å². The van der Waals surface area contributed by atoms with E-state index < -0.39 is 0 Å². The Labute approximate surface area is 121 Å². The second-order valence-electron chi connectivity index (χ2n) is 4.31. The zero-order valence-electron chi connectivity index (χ0n) is 11.4. The van der Waals surface area contributed by atoms with Crippen LogP contribution in [0.25, 0.3) is 0 Å². The first-order chi connectivity index (χ1) is 9.60. The van der Waals surface area contributed by atoms with Crippen LogP contribution in [0, 0.1) is 17.0 Å². The molecule has 20 heavy (non-hydrogen) atoms. The summed E-state index contributed by atoms with van der Waals surface area (Å²) < 4.78 is 5.43. The third-order valence-electron chi connectivity index (χ3n) is 2.81. The van der Waals surface area contributed by atoms with Crippen LogP contribution < -0.4 is 10.1 Å². The third-order valence-corrected chi connectivity index (χ3v) is 3.74. The van der Waals surface area contributed by atoms with Gasteiger partial charge in [0.25, 0.3) is 0 Å². The van der Waals surface area contributed by atoms with Gasteiger partial charge < -0.3 is 10.1 Å². The maximum absolute atomic E-state index is 10.6. The van der Waals surface area contributed by atoms with E-state index in [1.54, 1.807) is 11.4 Å². The first-order valence-electron chi connectivity index (χ1n) is 6.29. The van der Waals surface area contributed by atoms with Crippen molar-refractivity contribution < 1.29 is 9.66 Å². The molecule has 0 aliphatic carbocycles. The molecule has 1 aromatic heterocycles. The molecule has 2 aromatic rings. The SMILES string of the molecule is CCOc1ccc(NCc2csc([N+](=O)[O-])c2)c(C)c1. The molecule has 0 unspecified atom stereocenters. The van der Waals surface area contributed by atoms with Crippen molar-refractivity contribution in [3.63, 3.8) is 0 Å². The van der Waals surface area contributed by atoms with E-state index in [0.717, 1.165) is 33.9 Å². The van der Waals surface area contributed by atoms with Gasteiger partial charge >= 0.3 is 5.00 Å². The van der Waals surface area contributed by atoms with E-state index in [1.807, 2.05) is 32.0 Å². The van der Waals surface area contributed by atoms with Crippen LogP contribution in [-0.4, -0.2) is 11.5 Å². The molecule has 0 atom stereocenters. The van der Waals surface area contributed by atoms with Gasteiger partial charge in [-0.1, -0.05) is 11.3 Å². The summed E-state index contributed by atoms with van der Waals surface area (Å²) in [5.41, 5.74) is 3.00. The van der Waals surface area contributed by atoms with Crippen molar-refractivity contribution in [2.24, 2.45) is 0 Å². The summed E-state index contributed by atoms with van der Waals surface area (Å²) in [6.07, 6.45) is 0. The fourth-order valence-electron chi connectivity index (χ4n) is 1.84. The van der Waals surface area contributed by atoms with E-state index in [0.29, 0.717) is 13.2 Å². The summed E-state index contributed by atoms with van der Waals surface area (Å²) >= 11 is 1.15. The molecular formula is C14H16N2O3S. The number of thiophene rings is 1. The Hall–Kier alpha value is -2.08. The molecule has 6 heteroatoms. The van der Waals surface area contributed by atoms with E-state index in [-0.39, 0.29) is 9.92 Å². The molecular weight excluding hydrogens is 276 g/mol. The minimum absolute atomic E-state index is 0.171. The van der Waals surface area contributed by atoms with Crippen molar-refractivity contribution in [2.45, 2.75) is 20.4 Å². The lowest BCUT2D eigenvalue weighted by Gasteiger charge is -2.10. The summed E-state index contributed by atoms with van der Waals surface area (Å²) in [6.45, 7) is 5.16. The van der Waals surface area contributed by atoms with Crippen LogP contribution in [0.4, 0.5) is 10.7 Å². The number of nitrogens with zero attached hydrogens (tertiary/aromatic N) is 1. The van der Waals surface area contributed by atoms with Gasteiger partial charge in [0, 0.05) is 23.7 Å². The number of aryl methyl sites for hydroxylation is 1. The molecule has 0 spiro atoms. The molecule has 0 fully saturated rings. The second-order valence-corrected chi connectivity index (χ2v) is 5.20. The molecule has 5 nitrogen and oxygen atoms in total. The predicted molar refractivity (Wildman–Crippen MR) is 80.6 cm³/mol. The Balaban J connectivity index is 2.01. The molecule has 1 N–H and O–H groups in total. The first kappa shape index (κ1) is 14.3. The minimum atomic E-state index is -0.365. The Morgan fingerprint density at radius 2 is 2.20 bits per heavy atom. The van der Waals surface area contributed by atoms with Gasteiger partial charge in [-0.25, -0.2) is 0 Å². The molecule has 0 aliphatic heterocycles. The van der Waals surface area contributed by atoms with E-state index >= 15 is 0 Å². The van der Waals surface area contributed by atoms with Crippen molar-refractivity contribution in [3.05, 3.63) is 50.9 Å². The van der Waals surface area contributed by atoms with Crippen LogP contribution >= 0.6 is 11.3 Å². The average Bonchev–Trinajstić information content (AvgIpc) is 2.87. The lowest BCUT2D eigenvalue weighted by molar-refractivity contribution is -0.380. The number of nitro groups is 1. The van der Waals surface area contributed by atoms with Crippen molar-refractivity contribution in [3.8, 4) is 5.75 Å². The van der Waals surface area contributed by atoms with Crippen LogP contribution in [-0.2, 0) is 6.54 Å². The molecule has 0 aliphatic rings. The highest BCUT2D eigenvalue weighted by Crippen LogP contribution is 2.25. The Morgan fingerprint density at radius 3 is 2.80 bits per heavy atom. The maximum Gasteiger partial charge on any atom is 0.324 e. The molecule has 2 rings (SSSR count). The zero-order valence-corrected chi connectivity index (χ0v) is 12.2. The Bertz CT molecular complexity index is 610. The van der Waals surface area contributed by atoms with Gasteiger partial charge in [0.15, 0.2) is 0 Å². The second kappa shape index (κ2) is 6.38. The lowest BCUT2D eigenvalue weighted by Crippen LogP contribution is -2.00. The normalized spacial score (nSPS) is 10.3. The number of nitrogens with one attached hydrogen (secondary N) is 1. The molecule has 106 valence electrons. The van der Waals surface area contributed by atoms with Crippen LogP contribution in [0.3, 0.4) is 0 Å². The molecule has 0 amide bonds. The van der Waals surface area contributed by atoms with Crippen LogP contribution in [0.15, 0.2) is 29.6 Å². The van der Waals surface area contributed by atoms with Crippen LogP contribution in [0.1, 0.15) is 18.1 Å². The van der Waals surface area contributed by atoms with E-state index in [4.69, 9.17) is 4.74 Å². The topological polar surface area (TPSA) is 64.4 Å². The van der Waals surface area contributed by atoms with E-state index in [1.165, 1.54) is 0 Å².